The van der Waals surface area contributed by atoms with Crippen molar-refractivity contribution in [2.45, 2.75) is 5.41 Å². The van der Waals surface area contributed by atoms with Crippen LogP contribution in [0.3, 0.4) is 0 Å². The summed E-state index contributed by atoms with van der Waals surface area (Å²) in [6.07, 6.45) is 0. The molecule has 53 heavy (non-hydrogen) atoms. The first-order valence-corrected chi connectivity index (χ1v) is 21.4. The molecule has 4 heterocycles. The van der Waals surface area contributed by atoms with E-state index in [0.717, 1.165) is 0 Å². The minimum atomic E-state index is -0.460. The van der Waals surface area contributed by atoms with Crippen LogP contribution in [0.2, 0.25) is 0 Å². The molecule has 0 bridgehead atoms. The van der Waals surface area contributed by atoms with E-state index in [9.17, 15) is 0 Å². The second-order valence-corrected chi connectivity index (χ2v) is 18.9. The Hall–Kier alpha value is -5.36. The molecule has 0 unspecified atom stereocenters. The Labute approximate surface area is 319 Å². The Morgan fingerprint density at radius 3 is 1.08 bits per heavy atom. The van der Waals surface area contributed by atoms with Crippen LogP contribution < -0.4 is 0 Å². The van der Waals surface area contributed by atoms with Gasteiger partial charge in [-0.05, 0) is 69.8 Å². The number of rotatable bonds is 0. The van der Waals surface area contributed by atoms with Crippen LogP contribution in [0.4, 0.5) is 0 Å². The maximum atomic E-state index is 2.52. The summed E-state index contributed by atoms with van der Waals surface area (Å²) in [5.74, 6) is 0. The van der Waals surface area contributed by atoms with Crippen molar-refractivity contribution >= 4 is 126 Å². The molecule has 0 saturated carbocycles. The minimum absolute atomic E-state index is 0.460. The van der Waals surface area contributed by atoms with E-state index in [1.54, 1.807) is 0 Å². The first kappa shape index (κ1) is 28.2. The topological polar surface area (TPSA) is 0 Å². The van der Waals surface area contributed by atoms with Crippen molar-refractivity contribution in [2.24, 2.45) is 0 Å². The van der Waals surface area contributed by atoms with Crippen LogP contribution in [-0.4, -0.2) is 0 Å². The molecule has 0 atom stereocenters. The number of thiophene rings is 4. The number of fused-ring (bicyclic) bond motifs is 26. The first-order valence-electron chi connectivity index (χ1n) is 18.1. The van der Waals surface area contributed by atoms with E-state index in [4.69, 9.17) is 0 Å². The highest BCUT2D eigenvalue weighted by molar-refractivity contribution is 7.27. The Kier molecular flexibility index (Phi) is 5.10. The molecule has 0 amide bonds. The number of hydrogen-bond acceptors (Lipinski definition) is 4. The Morgan fingerprint density at radius 1 is 0.264 bits per heavy atom. The molecular weight excluding hydrogens is 717 g/mol. The molecule has 1 spiro atoms. The highest BCUT2D eigenvalue weighted by atomic mass is 32.1. The predicted octanol–water partition coefficient (Wildman–Crippen LogP) is 15.5. The van der Waals surface area contributed by atoms with E-state index in [1.807, 2.05) is 45.3 Å². The molecule has 2 aliphatic rings. The van der Waals surface area contributed by atoms with Crippen molar-refractivity contribution < 1.29 is 0 Å². The molecule has 0 N–H and O–H groups in total. The average molecular weight is 741 g/mol. The van der Waals surface area contributed by atoms with Crippen LogP contribution in [0, 0.1) is 0 Å². The van der Waals surface area contributed by atoms with Gasteiger partial charge in [0.15, 0.2) is 0 Å². The fourth-order valence-corrected chi connectivity index (χ4v) is 15.1. The molecule has 0 aliphatic heterocycles. The quantitative estimate of drug-likeness (QED) is 0.145. The van der Waals surface area contributed by atoms with Gasteiger partial charge in [0.05, 0.1) is 5.41 Å². The molecule has 8 aromatic carbocycles. The van der Waals surface area contributed by atoms with Gasteiger partial charge in [0.1, 0.15) is 0 Å². The Morgan fingerprint density at radius 2 is 0.623 bits per heavy atom. The molecule has 4 heteroatoms. The van der Waals surface area contributed by atoms with Crippen molar-refractivity contribution in [3.63, 3.8) is 0 Å². The maximum absolute atomic E-state index is 2.52. The summed E-state index contributed by atoms with van der Waals surface area (Å²) in [5, 5.41) is 11.0. The molecule has 244 valence electrons. The van der Waals surface area contributed by atoms with Crippen LogP contribution in [0.15, 0.2) is 146 Å². The molecule has 12 aromatic rings. The van der Waals surface area contributed by atoms with Gasteiger partial charge in [0.2, 0.25) is 0 Å². The molecule has 14 rings (SSSR count). The zero-order valence-electron chi connectivity index (χ0n) is 28.0. The maximum Gasteiger partial charge on any atom is 0.0727 e. The summed E-state index contributed by atoms with van der Waals surface area (Å²) in [4.78, 5) is 0. The average Bonchev–Trinajstić information content (AvgIpc) is 4.03. The van der Waals surface area contributed by atoms with Gasteiger partial charge in [-0.1, -0.05) is 109 Å². The SMILES string of the molecule is c1ccc2c(c1)sc1c3c(ccc12)C1(c2ccc4c(sc5ccccc54)c2-c2c1ccc1sc4ccccc4c21)c1ccc2sc4ccccc4c2c1-3. The molecular formula is C49H24S4. The summed E-state index contributed by atoms with van der Waals surface area (Å²) < 4.78 is 11.0. The van der Waals surface area contributed by atoms with Crippen molar-refractivity contribution in [1.82, 2.24) is 0 Å². The minimum Gasteiger partial charge on any atom is -0.135 e. The second-order valence-electron chi connectivity index (χ2n) is 14.6. The lowest BCUT2D eigenvalue weighted by atomic mass is 9.70. The molecule has 0 radical (unpaired) electrons. The first-order chi connectivity index (χ1) is 26.3. The number of hydrogen-bond donors (Lipinski definition) is 0. The van der Waals surface area contributed by atoms with Crippen LogP contribution in [0.5, 0.6) is 0 Å². The smallest absolute Gasteiger partial charge is 0.0727 e. The normalized spacial score (nSPS) is 14.2. The lowest BCUT2D eigenvalue weighted by Crippen LogP contribution is -2.25. The van der Waals surface area contributed by atoms with Crippen LogP contribution in [0.25, 0.3) is 103 Å². The second kappa shape index (κ2) is 9.59. The highest BCUT2D eigenvalue weighted by Crippen LogP contribution is 2.68. The van der Waals surface area contributed by atoms with Crippen molar-refractivity contribution in [2.75, 3.05) is 0 Å². The fourth-order valence-electron chi connectivity index (χ4n) is 10.3. The third kappa shape index (κ3) is 3.19. The predicted molar refractivity (Wildman–Crippen MR) is 234 cm³/mol. The van der Waals surface area contributed by atoms with Gasteiger partial charge in [-0.3, -0.25) is 0 Å². The van der Waals surface area contributed by atoms with E-state index < -0.39 is 5.41 Å². The standard InChI is InChI=1S/C49H24S4/c1-5-13-35-25(9-1)27-17-19-33-45(47(27)52-35)43-31(21-23-39-41(43)29-11-3-7-15-37(29)50-39)49(33)32-22-24-40-42(30-12-4-8-16-38(30)51-40)44(32)46-34(49)20-18-28-26-10-2-6-14-36(26)53-48(28)46/h1-24H. The molecule has 2 aliphatic carbocycles. The lowest BCUT2D eigenvalue weighted by molar-refractivity contribution is 0.797. The summed E-state index contributed by atoms with van der Waals surface area (Å²) in [5.41, 5.74) is 11.0. The monoisotopic (exact) mass is 740 g/mol. The summed E-state index contributed by atoms with van der Waals surface area (Å²) in [6, 6.07) is 55.9. The van der Waals surface area contributed by atoms with Gasteiger partial charge in [0.25, 0.3) is 0 Å². The van der Waals surface area contributed by atoms with Crippen molar-refractivity contribution in [3.8, 4) is 22.3 Å². The van der Waals surface area contributed by atoms with E-state index in [0.29, 0.717) is 0 Å². The van der Waals surface area contributed by atoms with Gasteiger partial charge < -0.3 is 0 Å². The van der Waals surface area contributed by atoms with Gasteiger partial charge in [0, 0.05) is 91.8 Å². The Balaban J connectivity index is 1.27. The van der Waals surface area contributed by atoms with Gasteiger partial charge >= 0.3 is 0 Å². The van der Waals surface area contributed by atoms with Crippen molar-refractivity contribution in [3.05, 3.63) is 168 Å². The van der Waals surface area contributed by atoms with E-state index >= 15 is 0 Å². The highest BCUT2D eigenvalue weighted by Gasteiger charge is 2.54. The summed E-state index contributed by atoms with van der Waals surface area (Å²) >= 11 is 7.80. The van der Waals surface area contributed by atoms with E-state index in [2.05, 4.69) is 146 Å². The van der Waals surface area contributed by atoms with E-state index in [1.165, 1.54) is 125 Å². The van der Waals surface area contributed by atoms with Gasteiger partial charge in [-0.2, -0.15) is 0 Å². The zero-order valence-corrected chi connectivity index (χ0v) is 31.3. The van der Waals surface area contributed by atoms with Crippen molar-refractivity contribution in [1.29, 1.82) is 0 Å². The van der Waals surface area contributed by atoms with E-state index in [-0.39, 0.29) is 0 Å². The number of benzene rings is 8. The largest absolute Gasteiger partial charge is 0.135 e. The van der Waals surface area contributed by atoms with Crippen LogP contribution >= 0.6 is 45.3 Å². The zero-order chi connectivity index (χ0) is 34.2. The molecule has 0 saturated heterocycles. The summed E-state index contributed by atoms with van der Waals surface area (Å²) in [7, 11) is 0. The van der Waals surface area contributed by atoms with Crippen LogP contribution in [-0.2, 0) is 5.41 Å². The van der Waals surface area contributed by atoms with Gasteiger partial charge in [-0.25, -0.2) is 0 Å². The third-order valence-electron chi connectivity index (χ3n) is 12.3. The Bertz CT molecular complexity index is 3400. The molecule has 0 nitrogen and oxygen atoms in total. The van der Waals surface area contributed by atoms with Gasteiger partial charge in [-0.15, -0.1) is 45.3 Å². The molecule has 0 fully saturated rings. The lowest BCUT2D eigenvalue weighted by Gasteiger charge is -2.30. The van der Waals surface area contributed by atoms with Crippen LogP contribution in [0.1, 0.15) is 22.3 Å². The summed E-state index contributed by atoms with van der Waals surface area (Å²) in [6.45, 7) is 0. The fraction of sp³-hybridized carbons (Fsp3) is 0.0204. The molecule has 4 aromatic heterocycles. The third-order valence-corrected chi connectivity index (χ3v) is 17.0.